The predicted molar refractivity (Wildman–Crippen MR) is 87.6 cm³/mol. The lowest BCUT2D eigenvalue weighted by molar-refractivity contribution is 0.371. The van der Waals surface area contributed by atoms with Crippen molar-refractivity contribution in [2.45, 2.75) is 6.16 Å². The smallest absolute Gasteiger partial charge is 0.324 e. The molecule has 0 atom stereocenters. The fourth-order valence-corrected chi connectivity index (χ4v) is 3.07. The van der Waals surface area contributed by atoms with Crippen LogP contribution in [-0.2, 0) is 10.7 Å². The average Bonchev–Trinajstić information content (AvgIpc) is 2.95. The Balaban J connectivity index is 1.91. The zero-order valence-electron chi connectivity index (χ0n) is 11.9. The van der Waals surface area contributed by atoms with Crippen molar-refractivity contribution in [3.8, 4) is 16.9 Å². The summed E-state index contributed by atoms with van der Waals surface area (Å²) in [7, 11) is -4.11. The third-order valence-corrected chi connectivity index (χ3v) is 4.19. The fraction of sp³-hybridized carbons (Fsp3) is 0.0667. The molecule has 0 radical (unpaired) electrons. The third kappa shape index (κ3) is 4.06. The van der Waals surface area contributed by atoms with E-state index in [2.05, 4.69) is 10.3 Å². The second-order valence-corrected chi connectivity index (χ2v) is 7.13. The first-order valence-corrected chi connectivity index (χ1v) is 8.90. The number of nitrogens with zero attached hydrogens (tertiary/aromatic N) is 3. The molecule has 0 aliphatic heterocycles. The van der Waals surface area contributed by atoms with Crippen molar-refractivity contribution < 1.29 is 14.4 Å². The first-order chi connectivity index (χ1) is 10.9. The van der Waals surface area contributed by atoms with Gasteiger partial charge in [-0.2, -0.15) is 0 Å². The van der Waals surface area contributed by atoms with Crippen LogP contribution in [0.25, 0.3) is 16.9 Å². The van der Waals surface area contributed by atoms with Crippen LogP contribution >= 0.6 is 19.2 Å². The molecule has 2 N–H and O–H groups in total. The highest BCUT2D eigenvalue weighted by Gasteiger charge is 2.14. The van der Waals surface area contributed by atoms with Gasteiger partial charge in [0.25, 0.3) is 0 Å². The molecule has 0 saturated heterocycles. The predicted octanol–water partition coefficient (Wildman–Crippen LogP) is 3.27. The zero-order valence-corrected chi connectivity index (χ0v) is 13.5. The minimum atomic E-state index is -4.11. The van der Waals surface area contributed by atoms with Crippen LogP contribution in [0.15, 0.2) is 54.7 Å². The van der Waals surface area contributed by atoms with Crippen molar-refractivity contribution in [3.05, 3.63) is 65.3 Å². The normalized spacial score (nSPS) is 11.6. The number of hydrogen-bond acceptors (Lipinski definition) is 3. The molecule has 6 nitrogen and oxygen atoms in total. The van der Waals surface area contributed by atoms with Crippen molar-refractivity contribution in [1.29, 1.82) is 0 Å². The highest BCUT2D eigenvalue weighted by atomic mass is 35.5. The first-order valence-electron chi connectivity index (χ1n) is 6.73. The van der Waals surface area contributed by atoms with Crippen LogP contribution in [0.4, 0.5) is 0 Å². The van der Waals surface area contributed by atoms with E-state index in [1.165, 1.54) is 0 Å². The minimum absolute atomic E-state index is 0.309. The van der Waals surface area contributed by atoms with E-state index in [-0.39, 0.29) is 6.16 Å². The van der Waals surface area contributed by atoms with E-state index in [0.29, 0.717) is 22.0 Å². The lowest BCUT2D eigenvalue weighted by atomic mass is 10.2. The summed E-state index contributed by atoms with van der Waals surface area (Å²) in [5.74, 6) is 0. The maximum atomic E-state index is 11.1. The molecule has 23 heavy (non-hydrogen) atoms. The molecule has 1 aromatic heterocycles. The lowest BCUT2D eigenvalue weighted by Crippen LogP contribution is -1.96. The molecule has 0 aliphatic rings. The second kappa shape index (κ2) is 6.26. The molecule has 0 fully saturated rings. The maximum Gasteiger partial charge on any atom is 0.329 e. The summed E-state index contributed by atoms with van der Waals surface area (Å²) in [5.41, 5.74) is 2.72. The van der Waals surface area contributed by atoms with E-state index in [0.717, 1.165) is 5.56 Å². The summed E-state index contributed by atoms with van der Waals surface area (Å²) in [5, 5.41) is 8.78. The minimum Gasteiger partial charge on any atom is -0.324 e. The molecule has 0 saturated carbocycles. The van der Waals surface area contributed by atoms with Gasteiger partial charge in [-0.05, 0) is 29.8 Å². The molecule has 0 spiro atoms. The topological polar surface area (TPSA) is 88.2 Å². The Bertz CT molecular complexity index is 891. The molecule has 0 unspecified atom stereocenters. The molecular formula is C15H13ClN3O3P. The van der Waals surface area contributed by atoms with Crippen LogP contribution in [0, 0.1) is 0 Å². The van der Waals surface area contributed by atoms with Crippen LogP contribution in [-0.4, -0.2) is 24.8 Å². The van der Waals surface area contributed by atoms with Crippen molar-refractivity contribution in [2.24, 2.45) is 0 Å². The van der Waals surface area contributed by atoms with Crippen molar-refractivity contribution in [3.63, 3.8) is 0 Å². The summed E-state index contributed by atoms with van der Waals surface area (Å²) >= 11 is 5.97. The molecule has 0 amide bonds. The van der Waals surface area contributed by atoms with Gasteiger partial charge >= 0.3 is 7.60 Å². The van der Waals surface area contributed by atoms with E-state index in [1.807, 2.05) is 12.1 Å². The van der Waals surface area contributed by atoms with Gasteiger partial charge in [0.1, 0.15) is 5.69 Å². The van der Waals surface area contributed by atoms with E-state index in [9.17, 15) is 4.57 Å². The summed E-state index contributed by atoms with van der Waals surface area (Å²) in [6, 6.07) is 14.1. The average molecular weight is 350 g/mol. The molecule has 8 heteroatoms. The van der Waals surface area contributed by atoms with Crippen molar-refractivity contribution in [2.75, 3.05) is 0 Å². The molecule has 118 valence electrons. The van der Waals surface area contributed by atoms with Gasteiger partial charge in [0.2, 0.25) is 0 Å². The molecular weight excluding hydrogens is 337 g/mol. The Labute approximate surface area is 137 Å². The zero-order chi connectivity index (χ0) is 16.4. The van der Waals surface area contributed by atoms with Gasteiger partial charge in [-0.1, -0.05) is 41.1 Å². The highest BCUT2D eigenvalue weighted by molar-refractivity contribution is 7.50. The number of rotatable bonds is 4. The van der Waals surface area contributed by atoms with Gasteiger partial charge in [0, 0.05) is 10.6 Å². The Morgan fingerprint density at radius 3 is 2.65 bits per heavy atom. The standard InChI is InChI=1S/C15H13ClN3O3P/c16-13-5-2-4-12(8-13)15-9-19(18-17-15)14-6-1-3-11(7-14)10-23(20,21)22/h1-9H,10H2,(H2,20,21,22). The second-order valence-electron chi connectivity index (χ2n) is 5.05. The molecule has 1 heterocycles. The van der Waals surface area contributed by atoms with Crippen LogP contribution in [0.2, 0.25) is 5.02 Å². The van der Waals surface area contributed by atoms with Crippen LogP contribution < -0.4 is 0 Å². The molecule has 3 rings (SSSR count). The van der Waals surface area contributed by atoms with Gasteiger partial charge in [0.15, 0.2) is 0 Å². The van der Waals surface area contributed by atoms with Crippen LogP contribution in [0.5, 0.6) is 0 Å². The number of hydrogen-bond donors (Lipinski definition) is 2. The van der Waals surface area contributed by atoms with Gasteiger partial charge in [0.05, 0.1) is 18.0 Å². The monoisotopic (exact) mass is 349 g/mol. The molecule has 0 bridgehead atoms. The Kier molecular flexibility index (Phi) is 4.33. The van der Waals surface area contributed by atoms with E-state index in [4.69, 9.17) is 21.4 Å². The first kappa shape index (κ1) is 15.9. The molecule has 2 aromatic carbocycles. The van der Waals surface area contributed by atoms with Crippen LogP contribution in [0.1, 0.15) is 5.56 Å². The fourth-order valence-electron chi connectivity index (χ4n) is 2.21. The van der Waals surface area contributed by atoms with Gasteiger partial charge in [-0.15, -0.1) is 5.10 Å². The highest BCUT2D eigenvalue weighted by Crippen LogP contribution is 2.39. The quantitative estimate of drug-likeness (QED) is 0.706. The Morgan fingerprint density at radius 1 is 1.13 bits per heavy atom. The van der Waals surface area contributed by atoms with Crippen LogP contribution in [0.3, 0.4) is 0 Å². The van der Waals surface area contributed by atoms with Crippen molar-refractivity contribution >= 4 is 19.2 Å². The Morgan fingerprint density at radius 2 is 1.91 bits per heavy atom. The van der Waals surface area contributed by atoms with Gasteiger partial charge < -0.3 is 9.79 Å². The number of aromatic nitrogens is 3. The van der Waals surface area contributed by atoms with Gasteiger partial charge in [-0.3, -0.25) is 4.57 Å². The third-order valence-electron chi connectivity index (χ3n) is 3.18. The van der Waals surface area contributed by atoms with Gasteiger partial charge in [-0.25, -0.2) is 4.68 Å². The van der Waals surface area contributed by atoms with E-state index < -0.39 is 7.60 Å². The summed E-state index contributed by atoms with van der Waals surface area (Å²) in [4.78, 5) is 18.2. The van der Waals surface area contributed by atoms with Crippen molar-refractivity contribution in [1.82, 2.24) is 15.0 Å². The molecule has 0 aliphatic carbocycles. The van der Waals surface area contributed by atoms with E-state index >= 15 is 0 Å². The number of halogens is 1. The van der Waals surface area contributed by atoms with E-state index in [1.54, 1.807) is 47.3 Å². The summed E-state index contributed by atoms with van der Waals surface area (Å²) in [6.07, 6.45) is 1.43. The maximum absolute atomic E-state index is 11.1. The summed E-state index contributed by atoms with van der Waals surface area (Å²) in [6.45, 7) is 0. The lowest BCUT2D eigenvalue weighted by Gasteiger charge is -2.06. The number of benzene rings is 2. The largest absolute Gasteiger partial charge is 0.329 e. The summed E-state index contributed by atoms with van der Waals surface area (Å²) < 4.78 is 12.7. The molecule has 3 aromatic rings. The SMILES string of the molecule is O=P(O)(O)Cc1cccc(-n2cc(-c3cccc(Cl)c3)nn2)c1. The Hall–Kier alpha value is -1.98.